The fourth-order valence-electron chi connectivity index (χ4n) is 4.40. The maximum absolute atomic E-state index is 13.3. The summed E-state index contributed by atoms with van der Waals surface area (Å²) in [7, 11) is 0. The largest absolute Gasteiger partial charge is 0.481 e. The van der Waals surface area contributed by atoms with Crippen molar-refractivity contribution >= 4 is 46.5 Å². The zero-order valence-electron chi connectivity index (χ0n) is 23.7. The van der Waals surface area contributed by atoms with Crippen LogP contribution in [0.3, 0.4) is 0 Å². The first-order valence-electron chi connectivity index (χ1n) is 13.6. The van der Waals surface area contributed by atoms with E-state index in [2.05, 4.69) is 35.9 Å². The van der Waals surface area contributed by atoms with Crippen LogP contribution in [-0.4, -0.2) is 91.5 Å². The number of aliphatic imine (C=N–C) groups is 1. The van der Waals surface area contributed by atoms with Gasteiger partial charge in [0.15, 0.2) is 5.96 Å². The highest BCUT2D eigenvalue weighted by Gasteiger charge is 2.32. The summed E-state index contributed by atoms with van der Waals surface area (Å²) in [6.07, 6.45) is 3.92. The molecule has 13 N–H and O–H groups in total. The second-order valence-corrected chi connectivity index (χ2v) is 10.0. The number of aromatic nitrogens is 3. The van der Waals surface area contributed by atoms with Gasteiger partial charge in [0, 0.05) is 48.4 Å². The maximum atomic E-state index is 13.3. The van der Waals surface area contributed by atoms with Crippen molar-refractivity contribution in [3.8, 4) is 0 Å². The van der Waals surface area contributed by atoms with Crippen LogP contribution in [0.1, 0.15) is 30.5 Å². The first kappa shape index (κ1) is 33.1. The van der Waals surface area contributed by atoms with Crippen molar-refractivity contribution in [1.82, 2.24) is 30.9 Å². The summed E-state index contributed by atoms with van der Waals surface area (Å²) in [4.78, 5) is 76.5. The van der Waals surface area contributed by atoms with E-state index in [1.165, 1.54) is 12.5 Å². The molecule has 17 nitrogen and oxygen atoms in total. The molecule has 0 fully saturated rings. The predicted octanol–water partition coefficient (Wildman–Crippen LogP) is -1.93. The molecule has 2 aromatic heterocycles. The molecule has 17 heteroatoms. The Morgan fingerprint density at radius 1 is 0.909 bits per heavy atom. The van der Waals surface area contributed by atoms with Gasteiger partial charge < -0.3 is 53.3 Å². The van der Waals surface area contributed by atoms with Gasteiger partial charge in [-0.1, -0.05) is 18.2 Å². The van der Waals surface area contributed by atoms with E-state index in [1.54, 1.807) is 18.3 Å². The Balaban J connectivity index is 1.72. The Bertz CT molecular complexity index is 1480. The molecule has 0 aliphatic carbocycles. The molecule has 3 amide bonds. The van der Waals surface area contributed by atoms with Crippen LogP contribution < -0.4 is 33.2 Å². The summed E-state index contributed by atoms with van der Waals surface area (Å²) < 4.78 is 0. The number of nitrogens with one attached hydrogen (secondary N) is 5. The van der Waals surface area contributed by atoms with Crippen LogP contribution in [0.5, 0.6) is 0 Å². The molecule has 4 unspecified atom stereocenters. The number of imidazole rings is 1. The van der Waals surface area contributed by atoms with Crippen LogP contribution in [0, 0.1) is 0 Å². The summed E-state index contributed by atoms with van der Waals surface area (Å²) in [6, 6.07) is 1.76. The molecule has 0 aliphatic heterocycles. The number of hydrogen-bond acceptors (Lipinski definition) is 8. The Morgan fingerprint density at radius 2 is 1.59 bits per heavy atom. The number of carbonyl (C=O) groups is 5. The smallest absolute Gasteiger partial charge is 0.326 e. The first-order chi connectivity index (χ1) is 20.9. The van der Waals surface area contributed by atoms with Gasteiger partial charge in [-0.25, -0.2) is 9.78 Å². The van der Waals surface area contributed by atoms with Crippen LogP contribution in [0.25, 0.3) is 10.9 Å². The van der Waals surface area contributed by atoms with Gasteiger partial charge in [-0.15, -0.1) is 0 Å². The number of nitrogens with zero attached hydrogens (tertiary/aromatic N) is 2. The molecule has 44 heavy (non-hydrogen) atoms. The van der Waals surface area contributed by atoms with Gasteiger partial charge in [-0.2, -0.15) is 0 Å². The van der Waals surface area contributed by atoms with E-state index in [1.807, 2.05) is 12.1 Å². The fraction of sp³-hybridized carbons (Fsp3) is 0.370. The highest BCUT2D eigenvalue weighted by molar-refractivity contribution is 5.96. The molecule has 0 radical (unpaired) electrons. The van der Waals surface area contributed by atoms with Crippen LogP contribution in [-0.2, 0) is 36.8 Å². The van der Waals surface area contributed by atoms with E-state index in [-0.39, 0.29) is 31.8 Å². The number of H-pyrrole nitrogens is 2. The van der Waals surface area contributed by atoms with Crippen LogP contribution in [0.15, 0.2) is 48.0 Å². The van der Waals surface area contributed by atoms with Crippen molar-refractivity contribution in [3.63, 3.8) is 0 Å². The van der Waals surface area contributed by atoms with Gasteiger partial charge in [0.1, 0.15) is 18.1 Å². The summed E-state index contributed by atoms with van der Waals surface area (Å²) in [5.41, 5.74) is 18.4. The molecule has 0 spiro atoms. The van der Waals surface area contributed by atoms with E-state index in [0.717, 1.165) is 10.9 Å². The van der Waals surface area contributed by atoms with Gasteiger partial charge >= 0.3 is 11.9 Å². The van der Waals surface area contributed by atoms with Gasteiger partial charge in [-0.05, 0) is 24.5 Å². The van der Waals surface area contributed by atoms with E-state index in [0.29, 0.717) is 17.7 Å². The molecule has 4 atom stereocenters. The topological polar surface area (TPSA) is 297 Å². The number of fused-ring (bicyclic) bond motifs is 1. The Hall–Kier alpha value is -5.45. The zero-order chi connectivity index (χ0) is 32.2. The van der Waals surface area contributed by atoms with E-state index in [9.17, 15) is 34.2 Å². The third-order valence-corrected chi connectivity index (χ3v) is 6.64. The lowest BCUT2D eigenvalue weighted by atomic mass is 10.0. The van der Waals surface area contributed by atoms with Gasteiger partial charge in [0.05, 0.1) is 18.8 Å². The number of nitrogens with two attached hydrogens (primary N) is 3. The van der Waals surface area contributed by atoms with E-state index >= 15 is 0 Å². The number of carbonyl (C=O) groups excluding carboxylic acids is 3. The van der Waals surface area contributed by atoms with Crippen molar-refractivity contribution in [3.05, 3.63) is 54.2 Å². The molecule has 0 saturated carbocycles. The first-order valence-corrected chi connectivity index (χ1v) is 13.6. The molecule has 0 aliphatic rings. The van der Waals surface area contributed by atoms with Crippen molar-refractivity contribution in [2.45, 2.75) is 56.3 Å². The number of guanidine groups is 1. The van der Waals surface area contributed by atoms with E-state index in [4.69, 9.17) is 17.2 Å². The molecule has 0 saturated heterocycles. The number of benzene rings is 1. The number of carboxylic acids is 2. The fourth-order valence-corrected chi connectivity index (χ4v) is 4.40. The summed E-state index contributed by atoms with van der Waals surface area (Å²) in [5, 5.41) is 27.2. The standard InChI is InChI=1S/C27H36N10O7/c28-17(5-3-7-32-27(29)30)23(40)35-19(9-15-12-31-13-34-15)24(41)36-20(10-22(38)39)25(42)37-21(26(43)44)8-14-11-33-18-6-2-1-4-16(14)18/h1-2,4,6,11-13,17,19-21,33H,3,5,7-10,28H2,(H,31,34)(H,35,40)(H,36,41)(H,37,42)(H,38,39)(H,43,44)(H4,29,30,32). The van der Waals surface area contributed by atoms with Crippen LogP contribution in [0.2, 0.25) is 0 Å². The van der Waals surface area contributed by atoms with Gasteiger partial charge in [0.2, 0.25) is 17.7 Å². The quantitative estimate of drug-likeness (QED) is 0.0455. The maximum Gasteiger partial charge on any atom is 0.326 e. The molecule has 0 bridgehead atoms. The molecule has 2 heterocycles. The van der Waals surface area contributed by atoms with Crippen LogP contribution in [0.4, 0.5) is 0 Å². The lowest BCUT2D eigenvalue weighted by Gasteiger charge is -2.24. The monoisotopic (exact) mass is 612 g/mol. The highest BCUT2D eigenvalue weighted by Crippen LogP contribution is 2.19. The molecule has 3 aromatic rings. The van der Waals surface area contributed by atoms with Gasteiger partial charge in [-0.3, -0.25) is 24.2 Å². The lowest BCUT2D eigenvalue weighted by molar-refractivity contribution is -0.143. The number of carboxylic acid groups (broad SMARTS) is 2. The third kappa shape index (κ3) is 9.83. The molecule has 236 valence electrons. The SMILES string of the molecule is NC(N)=NCCCC(N)C(=O)NC(Cc1cnc[nH]1)C(=O)NC(CC(=O)O)C(=O)NC(Cc1c[nH]c2ccccc12)C(=O)O. The number of hydrogen-bond donors (Lipinski definition) is 10. The lowest BCUT2D eigenvalue weighted by Crippen LogP contribution is -2.58. The summed E-state index contributed by atoms with van der Waals surface area (Å²) in [6.45, 7) is 0.241. The predicted molar refractivity (Wildman–Crippen MR) is 158 cm³/mol. The van der Waals surface area contributed by atoms with Crippen molar-refractivity contribution in [2.24, 2.45) is 22.2 Å². The zero-order valence-corrected chi connectivity index (χ0v) is 23.7. The molecular weight excluding hydrogens is 576 g/mol. The third-order valence-electron chi connectivity index (χ3n) is 6.64. The number of aromatic amines is 2. The molecular formula is C27H36N10O7. The van der Waals surface area contributed by atoms with Crippen LogP contribution >= 0.6 is 0 Å². The minimum atomic E-state index is -1.67. The second-order valence-electron chi connectivity index (χ2n) is 10.0. The molecule has 1 aromatic carbocycles. The Kier molecular flexibility index (Phi) is 11.8. The normalized spacial score (nSPS) is 13.7. The average molecular weight is 613 g/mol. The minimum Gasteiger partial charge on any atom is -0.481 e. The van der Waals surface area contributed by atoms with Crippen molar-refractivity contribution in [1.29, 1.82) is 0 Å². The Morgan fingerprint density at radius 3 is 2.25 bits per heavy atom. The van der Waals surface area contributed by atoms with E-state index < -0.39 is 60.2 Å². The number of para-hydroxylation sites is 1. The minimum absolute atomic E-state index is 0.0992. The summed E-state index contributed by atoms with van der Waals surface area (Å²) >= 11 is 0. The highest BCUT2D eigenvalue weighted by atomic mass is 16.4. The number of rotatable bonds is 17. The van der Waals surface area contributed by atoms with Crippen molar-refractivity contribution < 1.29 is 34.2 Å². The molecule has 3 rings (SSSR count). The number of aliphatic carboxylic acids is 2. The van der Waals surface area contributed by atoms with Gasteiger partial charge in [0.25, 0.3) is 0 Å². The summed E-state index contributed by atoms with van der Waals surface area (Å²) in [5.74, 6) is -5.50. The second kappa shape index (κ2) is 15.7. The average Bonchev–Trinajstić information content (AvgIpc) is 3.63. The Labute approximate surface area is 251 Å². The van der Waals surface area contributed by atoms with Crippen molar-refractivity contribution in [2.75, 3.05) is 6.54 Å². The number of amides is 3.